The number of hydrogen-bond acceptors (Lipinski definition) is 5. The number of anilines is 1. The summed E-state index contributed by atoms with van der Waals surface area (Å²) >= 11 is 0. The van der Waals surface area contributed by atoms with Gasteiger partial charge in [-0.1, -0.05) is 6.07 Å². The number of hydrogen-bond donors (Lipinski definition) is 2. The topological polar surface area (TPSA) is 118 Å². The number of benzene rings is 2. The second-order valence-corrected chi connectivity index (χ2v) is 6.48. The lowest BCUT2D eigenvalue weighted by Crippen LogP contribution is -2.22. The smallest absolute Gasteiger partial charge is 0.269 e. The van der Waals surface area contributed by atoms with E-state index in [9.17, 15) is 23.3 Å². The first-order chi connectivity index (χ1) is 11.3. The molecule has 0 atom stereocenters. The molecule has 0 radical (unpaired) electrons. The summed E-state index contributed by atoms with van der Waals surface area (Å²) < 4.78 is 27.0. The molecule has 24 heavy (non-hydrogen) atoms. The van der Waals surface area contributed by atoms with Crippen LogP contribution in [0.25, 0.3) is 0 Å². The van der Waals surface area contributed by atoms with Crippen molar-refractivity contribution >= 4 is 27.3 Å². The molecule has 0 heterocycles. The van der Waals surface area contributed by atoms with Gasteiger partial charge in [0.1, 0.15) is 0 Å². The van der Waals surface area contributed by atoms with Gasteiger partial charge < -0.3 is 5.32 Å². The number of nitro groups is 1. The summed E-state index contributed by atoms with van der Waals surface area (Å²) in [6.45, 7) is 2.23. The monoisotopic (exact) mass is 349 g/mol. The molecule has 126 valence electrons. The van der Waals surface area contributed by atoms with Crippen molar-refractivity contribution in [3.05, 3.63) is 64.2 Å². The Morgan fingerprint density at radius 3 is 2.42 bits per heavy atom. The van der Waals surface area contributed by atoms with Crippen molar-refractivity contribution in [1.82, 2.24) is 5.32 Å². The Labute approximate surface area is 138 Å². The van der Waals surface area contributed by atoms with E-state index in [1.165, 1.54) is 12.1 Å². The van der Waals surface area contributed by atoms with Crippen molar-refractivity contribution in [3.8, 4) is 0 Å². The molecule has 0 aromatic heterocycles. The summed E-state index contributed by atoms with van der Waals surface area (Å²) in [5.74, 6) is -0.311. The highest BCUT2D eigenvalue weighted by atomic mass is 32.2. The number of nitro benzene ring substituents is 1. The van der Waals surface area contributed by atoms with Gasteiger partial charge in [0.05, 0.1) is 9.82 Å². The summed E-state index contributed by atoms with van der Waals surface area (Å²) in [4.78, 5) is 21.7. The van der Waals surface area contributed by atoms with Crippen LogP contribution in [0.1, 0.15) is 17.3 Å². The first-order valence-electron chi connectivity index (χ1n) is 6.99. The van der Waals surface area contributed by atoms with Gasteiger partial charge in [0.25, 0.3) is 21.6 Å². The SMILES string of the molecule is CCNC(=O)c1cccc(NS(=O)(=O)c2ccc([N+](=O)[O-])cc2)c1. The number of carbonyl (C=O) groups excluding carboxylic acids is 1. The third-order valence-corrected chi connectivity index (χ3v) is 4.47. The molecule has 9 heteroatoms. The average Bonchev–Trinajstić information content (AvgIpc) is 2.55. The Morgan fingerprint density at radius 2 is 1.83 bits per heavy atom. The van der Waals surface area contributed by atoms with Gasteiger partial charge in [-0.3, -0.25) is 19.6 Å². The lowest BCUT2D eigenvalue weighted by Gasteiger charge is -2.09. The van der Waals surface area contributed by atoms with Crippen LogP contribution < -0.4 is 10.0 Å². The number of non-ortho nitro benzene ring substituents is 1. The van der Waals surface area contributed by atoms with Crippen LogP contribution in [0.15, 0.2) is 53.4 Å². The van der Waals surface area contributed by atoms with Crippen LogP contribution in [0, 0.1) is 10.1 Å². The van der Waals surface area contributed by atoms with Crippen LogP contribution in [-0.2, 0) is 10.0 Å². The van der Waals surface area contributed by atoms with Crippen LogP contribution in [-0.4, -0.2) is 25.8 Å². The van der Waals surface area contributed by atoms with Gasteiger partial charge in [0.2, 0.25) is 0 Å². The molecule has 2 rings (SSSR count). The zero-order valence-electron chi connectivity index (χ0n) is 12.7. The summed E-state index contributed by atoms with van der Waals surface area (Å²) in [7, 11) is -3.91. The highest BCUT2D eigenvalue weighted by Crippen LogP contribution is 2.20. The first-order valence-corrected chi connectivity index (χ1v) is 8.47. The lowest BCUT2D eigenvalue weighted by molar-refractivity contribution is -0.384. The summed E-state index contributed by atoms with van der Waals surface area (Å²) in [6, 6.07) is 10.5. The average molecular weight is 349 g/mol. The molecule has 0 unspecified atom stereocenters. The number of nitrogens with zero attached hydrogens (tertiary/aromatic N) is 1. The number of nitrogens with one attached hydrogen (secondary N) is 2. The Balaban J connectivity index is 2.24. The van der Waals surface area contributed by atoms with Crippen molar-refractivity contribution in [2.45, 2.75) is 11.8 Å². The molecule has 2 N–H and O–H groups in total. The number of carbonyl (C=O) groups is 1. The Morgan fingerprint density at radius 1 is 1.17 bits per heavy atom. The zero-order valence-corrected chi connectivity index (χ0v) is 13.5. The maximum absolute atomic E-state index is 12.3. The van der Waals surface area contributed by atoms with Crippen LogP contribution in [0.3, 0.4) is 0 Å². The predicted molar refractivity (Wildman–Crippen MR) is 88.4 cm³/mol. The molecular weight excluding hydrogens is 334 g/mol. The van der Waals surface area contributed by atoms with Crippen molar-refractivity contribution in [3.63, 3.8) is 0 Å². The number of rotatable bonds is 6. The Bertz CT molecular complexity index is 863. The molecule has 0 aliphatic carbocycles. The first kappa shape index (κ1) is 17.4. The van der Waals surface area contributed by atoms with E-state index in [1.54, 1.807) is 19.1 Å². The normalized spacial score (nSPS) is 10.9. The zero-order chi connectivity index (χ0) is 17.7. The summed E-state index contributed by atoms with van der Waals surface area (Å²) in [5.41, 5.74) is 0.338. The van der Waals surface area contributed by atoms with Gasteiger partial charge in [-0.15, -0.1) is 0 Å². The Kier molecular flexibility index (Phi) is 5.14. The van der Waals surface area contributed by atoms with Crippen molar-refractivity contribution in [1.29, 1.82) is 0 Å². The minimum absolute atomic E-state index is 0.114. The molecular formula is C15H15N3O5S. The van der Waals surface area contributed by atoms with Crippen LogP contribution >= 0.6 is 0 Å². The largest absolute Gasteiger partial charge is 0.352 e. The third kappa shape index (κ3) is 4.07. The van der Waals surface area contributed by atoms with E-state index in [1.807, 2.05) is 0 Å². The minimum atomic E-state index is -3.91. The van der Waals surface area contributed by atoms with E-state index in [0.717, 1.165) is 24.3 Å². The molecule has 8 nitrogen and oxygen atoms in total. The van der Waals surface area contributed by atoms with Gasteiger partial charge in [-0.25, -0.2) is 8.42 Å². The Hall–Kier alpha value is -2.94. The van der Waals surface area contributed by atoms with Crippen LogP contribution in [0.2, 0.25) is 0 Å². The highest BCUT2D eigenvalue weighted by Gasteiger charge is 2.16. The molecule has 2 aromatic rings. The molecule has 0 bridgehead atoms. The van der Waals surface area contributed by atoms with Crippen molar-refractivity contribution < 1.29 is 18.1 Å². The van der Waals surface area contributed by atoms with E-state index in [2.05, 4.69) is 10.0 Å². The van der Waals surface area contributed by atoms with E-state index in [0.29, 0.717) is 12.1 Å². The predicted octanol–water partition coefficient (Wildman–Crippen LogP) is 2.15. The molecule has 0 spiro atoms. The maximum Gasteiger partial charge on any atom is 0.269 e. The molecule has 0 aliphatic rings. The second-order valence-electron chi connectivity index (χ2n) is 4.80. The number of amides is 1. The van der Waals surface area contributed by atoms with Gasteiger partial charge in [0.15, 0.2) is 0 Å². The quantitative estimate of drug-likeness (QED) is 0.612. The van der Waals surface area contributed by atoms with E-state index in [-0.39, 0.29) is 22.2 Å². The van der Waals surface area contributed by atoms with E-state index in [4.69, 9.17) is 0 Å². The van der Waals surface area contributed by atoms with Crippen molar-refractivity contribution in [2.24, 2.45) is 0 Å². The molecule has 1 amide bonds. The third-order valence-electron chi connectivity index (χ3n) is 3.07. The number of sulfonamides is 1. The fourth-order valence-electron chi connectivity index (χ4n) is 1.95. The molecule has 0 fully saturated rings. The lowest BCUT2D eigenvalue weighted by atomic mass is 10.2. The van der Waals surface area contributed by atoms with E-state index >= 15 is 0 Å². The highest BCUT2D eigenvalue weighted by molar-refractivity contribution is 7.92. The van der Waals surface area contributed by atoms with Gasteiger partial charge in [-0.05, 0) is 37.3 Å². The van der Waals surface area contributed by atoms with Gasteiger partial charge in [-0.2, -0.15) is 0 Å². The summed E-state index contributed by atoms with van der Waals surface area (Å²) in [6.07, 6.45) is 0. The fraction of sp³-hybridized carbons (Fsp3) is 0.133. The van der Waals surface area contributed by atoms with Crippen LogP contribution in [0.5, 0.6) is 0 Å². The minimum Gasteiger partial charge on any atom is -0.352 e. The fourth-order valence-corrected chi connectivity index (χ4v) is 3.00. The van der Waals surface area contributed by atoms with Crippen molar-refractivity contribution in [2.75, 3.05) is 11.3 Å². The van der Waals surface area contributed by atoms with E-state index < -0.39 is 14.9 Å². The standard InChI is InChI=1S/C15H15N3O5S/c1-2-16-15(19)11-4-3-5-12(10-11)17-24(22,23)14-8-6-13(7-9-14)18(20)21/h3-10,17H,2H2,1H3,(H,16,19). The van der Waals surface area contributed by atoms with Gasteiger partial charge in [0, 0.05) is 29.9 Å². The molecule has 2 aromatic carbocycles. The second kappa shape index (κ2) is 7.09. The molecule has 0 saturated carbocycles. The summed E-state index contributed by atoms with van der Waals surface area (Å²) in [5, 5.41) is 13.2. The van der Waals surface area contributed by atoms with Gasteiger partial charge >= 0.3 is 0 Å². The molecule has 0 aliphatic heterocycles. The van der Waals surface area contributed by atoms with Crippen LogP contribution in [0.4, 0.5) is 11.4 Å². The maximum atomic E-state index is 12.3. The molecule has 0 saturated heterocycles.